The standard InChI is InChI=1S/C48H93NO5/c1-4-7-10-13-16-17-18-24-32-42-53-46(51)36-29-25-31-41-49(43-48(44-50)38-33-39-48)40-30-23-19-22-28-37-47(52)54-45(34-26-20-14-11-8-5-2)35-27-21-15-12-9-6-3/h45,50H,4-44H2,1-3H3. The number of esters is 2. The predicted molar refractivity (Wildman–Crippen MR) is 230 cm³/mol. The number of hydrogen-bond acceptors (Lipinski definition) is 6. The Morgan fingerprint density at radius 2 is 0.944 bits per heavy atom. The Morgan fingerprint density at radius 3 is 1.41 bits per heavy atom. The van der Waals surface area contributed by atoms with Gasteiger partial charge in [0.25, 0.3) is 0 Å². The summed E-state index contributed by atoms with van der Waals surface area (Å²) in [5, 5.41) is 10.1. The fourth-order valence-corrected chi connectivity index (χ4v) is 8.19. The summed E-state index contributed by atoms with van der Waals surface area (Å²) in [6.45, 7) is 10.8. The number of nitrogens with zero attached hydrogens (tertiary/aromatic N) is 1. The average Bonchev–Trinajstić information content (AvgIpc) is 3.15. The van der Waals surface area contributed by atoms with Gasteiger partial charge in [-0.3, -0.25) is 9.59 Å². The molecule has 0 saturated heterocycles. The summed E-state index contributed by atoms with van der Waals surface area (Å²) in [5.74, 6) is -0.0143. The SMILES string of the molecule is CCCCCCCCCCCOC(=O)CCCCCN(CCCCCCCC(=O)OC(CCCCCCCC)CCCCCCCC)CC1(CO)CCC1. The van der Waals surface area contributed by atoms with Gasteiger partial charge in [0.2, 0.25) is 0 Å². The molecule has 0 radical (unpaired) electrons. The molecule has 1 aliphatic rings. The third kappa shape index (κ3) is 30.1. The number of carbonyl (C=O) groups is 2. The average molecular weight is 764 g/mol. The second-order valence-corrected chi connectivity index (χ2v) is 17.4. The van der Waals surface area contributed by atoms with Crippen LogP contribution >= 0.6 is 0 Å². The van der Waals surface area contributed by atoms with Crippen molar-refractivity contribution in [3.8, 4) is 0 Å². The molecule has 0 heterocycles. The summed E-state index contributed by atoms with van der Waals surface area (Å²) >= 11 is 0. The summed E-state index contributed by atoms with van der Waals surface area (Å²) in [4.78, 5) is 27.6. The van der Waals surface area contributed by atoms with Gasteiger partial charge in [-0.2, -0.15) is 0 Å². The van der Waals surface area contributed by atoms with Gasteiger partial charge in [0.05, 0.1) is 6.61 Å². The van der Waals surface area contributed by atoms with Crippen LogP contribution in [0.2, 0.25) is 0 Å². The lowest BCUT2D eigenvalue weighted by atomic mass is 9.69. The molecule has 0 aromatic rings. The van der Waals surface area contributed by atoms with Gasteiger partial charge in [0, 0.05) is 31.4 Å². The van der Waals surface area contributed by atoms with Crippen molar-refractivity contribution in [2.75, 3.05) is 32.8 Å². The Balaban J connectivity index is 2.25. The van der Waals surface area contributed by atoms with Gasteiger partial charge < -0.3 is 19.5 Å². The fourth-order valence-electron chi connectivity index (χ4n) is 8.19. The molecule has 54 heavy (non-hydrogen) atoms. The molecule has 1 aliphatic carbocycles. The van der Waals surface area contributed by atoms with E-state index in [0.717, 1.165) is 96.7 Å². The van der Waals surface area contributed by atoms with E-state index in [1.807, 2.05) is 0 Å². The second kappa shape index (κ2) is 37.4. The number of ether oxygens (including phenoxy) is 2. The Morgan fingerprint density at radius 1 is 0.537 bits per heavy atom. The summed E-state index contributed by atoms with van der Waals surface area (Å²) in [6.07, 6.45) is 42.2. The van der Waals surface area contributed by atoms with Crippen molar-refractivity contribution >= 4 is 11.9 Å². The van der Waals surface area contributed by atoms with E-state index in [2.05, 4.69) is 25.7 Å². The van der Waals surface area contributed by atoms with Crippen LogP contribution in [0.25, 0.3) is 0 Å². The zero-order valence-corrected chi connectivity index (χ0v) is 36.6. The van der Waals surface area contributed by atoms with E-state index in [1.165, 1.54) is 141 Å². The molecule has 1 fully saturated rings. The van der Waals surface area contributed by atoms with Crippen molar-refractivity contribution in [3.63, 3.8) is 0 Å². The molecule has 6 heteroatoms. The molecule has 0 aliphatic heterocycles. The normalized spacial score (nSPS) is 13.8. The Hall–Kier alpha value is -1.14. The zero-order chi connectivity index (χ0) is 39.2. The summed E-state index contributed by atoms with van der Waals surface area (Å²) < 4.78 is 11.6. The molecule has 6 nitrogen and oxygen atoms in total. The quantitative estimate of drug-likeness (QED) is 0.0493. The second-order valence-electron chi connectivity index (χ2n) is 17.4. The number of carbonyl (C=O) groups excluding carboxylic acids is 2. The highest BCUT2D eigenvalue weighted by atomic mass is 16.5. The number of aliphatic hydroxyl groups excluding tert-OH is 1. The van der Waals surface area contributed by atoms with Crippen molar-refractivity contribution in [2.24, 2.45) is 5.41 Å². The first kappa shape index (κ1) is 50.9. The first-order chi connectivity index (χ1) is 26.5. The minimum atomic E-state index is -0.0328. The number of rotatable bonds is 42. The van der Waals surface area contributed by atoms with Crippen molar-refractivity contribution < 1.29 is 24.2 Å². The van der Waals surface area contributed by atoms with Crippen LogP contribution in [0.4, 0.5) is 0 Å². The van der Waals surface area contributed by atoms with Crippen LogP contribution < -0.4 is 0 Å². The Labute approximate surface area is 336 Å². The lowest BCUT2D eigenvalue weighted by Gasteiger charge is -2.44. The minimum Gasteiger partial charge on any atom is -0.466 e. The van der Waals surface area contributed by atoms with Gasteiger partial charge in [-0.1, -0.05) is 168 Å². The van der Waals surface area contributed by atoms with E-state index in [9.17, 15) is 14.7 Å². The molecular formula is C48H93NO5. The van der Waals surface area contributed by atoms with Crippen LogP contribution in [0.3, 0.4) is 0 Å². The van der Waals surface area contributed by atoms with E-state index in [0.29, 0.717) is 26.1 Å². The molecule has 0 aromatic heterocycles. The van der Waals surface area contributed by atoms with E-state index < -0.39 is 0 Å². The Bertz CT molecular complexity index is 808. The molecule has 0 atom stereocenters. The maximum absolute atomic E-state index is 12.8. The molecule has 1 N–H and O–H groups in total. The van der Waals surface area contributed by atoms with E-state index >= 15 is 0 Å². The van der Waals surface area contributed by atoms with Crippen LogP contribution in [0, 0.1) is 5.41 Å². The number of aliphatic hydroxyl groups is 1. The van der Waals surface area contributed by atoms with Gasteiger partial charge in [0.15, 0.2) is 0 Å². The smallest absolute Gasteiger partial charge is 0.306 e. The molecule has 320 valence electrons. The number of hydrogen-bond donors (Lipinski definition) is 1. The first-order valence-electron chi connectivity index (χ1n) is 24.2. The predicted octanol–water partition coefficient (Wildman–Crippen LogP) is 13.8. The highest BCUT2D eigenvalue weighted by Gasteiger charge is 2.37. The van der Waals surface area contributed by atoms with Crippen molar-refractivity contribution in [2.45, 2.75) is 258 Å². The largest absolute Gasteiger partial charge is 0.466 e. The van der Waals surface area contributed by atoms with Gasteiger partial charge in [-0.15, -0.1) is 0 Å². The van der Waals surface area contributed by atoms with Crippen LogP contribution in [-0.2, 0) is 19.1 Å². The molecule has 1 saturated carbocycles. The monoisotopic (exact) mass is 764 g/mol. The van der Waals surface area contributed by atoms with Gasteiger partial charge in [0.1, 0.15) is 6.10 Å². The lowest BCUT2D eigenvalue weighted by Crippen LogP contribution is -2.45. The van der Waals surface area contributed by atoms with Crippen molar-refractivity contribution in [1.29, 1.82) is 0 Å². The van der Waals surface area contributed by atoms with Crippen molar-refractivity contribution in [3.05, 3.63) is 0 Å². The first-order valence-corrected chi connectivity index (χ1v) is 24.2. The van der Waals surface area contributed by atoms with Gasteiger partial charge >= 0.3 is 11.9 Å². The summed E-state index contributed by atoms with van der Waals surface area (Å²) in [7, 11) is 0. The van der Waals surface area contributed by atoms with Crippen LogP contribution in [-0.4, -0.2) is 60.9 Å². The third-order valence-corrected chi connectivity index (χ3v) is 12.1. The Kier molecular flexibility index (Phi) is 35.3. The van der Waals surface area contributed by atoms with Crippen LogP contribution in [0.5, 0.6) is 0 Å². The highest BCUT2D eigenvalue weighted by molar-refractivity contribution is 5.69. The molecule has 0 bridgehead atoms. The molecular weight excluding hydrogens is 671 g/mol. The van der Waals surface area contributed by atoms with E-state index in [-0.39, 0.29) is 23.5 Å². The van der Waals surface area contributed by atoms with Gasteiger partial charge in [-0.05, 0) is 83.7 Å². The van der Waals surface area contributed by atoms with E-state index in [1.54, 1.807) is 0 Å². The molecule has 0 aromatic carbocycles. The van der Waals surface area contributed by atoms with Gasteiger partial charge in [-0.25, -0.2) is 0 Å². The lowest BCUT2D eigenvalue weighted by molar-refractivity contribution is -0.150. The molecule has 1 rings (SSSR count). The topological polar surface area (TPSA) is 76.1 Å². The number of unbranched alkanes of at least 4 members (excludes halogenated alkanes) is 24. The molecule has 0 spiro atoms. The van der Waals surface area contributed by atoms with Crippen LogP contribution in [0.15, 0.2) is 0 Å². The third-order valence-electron chi connectivity index (χ3n) is 12.1. The zero-order valence-electron chi connectivity index (χ0n) is 36.6. The van der Waals surface area contributed by atoms with Crippen molar-refractivity contribution in [1.82, 2.24) is 4.90 Å². The van der Waals surface area contributed by atoms with E-state index in [4.69, 9.17) is 9.47 Å². The molecule has 0 amide bonds. The molecule has 0 unspecified atom stereocenters. The van der Waals surface area contributed by atoms with Crippen LogP contribution in [0.1, 0.15) is 252 Å². The summed E-state index contributed by atoms with van der Waals surface area (Å²) in [6, 6.07) is 0. The maximum atomic E-state index is 12.8. The minimum absolute atomic E-state index is 0.0185. The maximum Gasteiger partial charge on any atom is 0.306 e. The highest BCUT2D eigenvalue weighted by Crippen LogP contribution is 2.41. The fraction of sp³-hybridized carbons (Fsp3) is 0.958. The summed E-state index contributed by atoms with van der Waals surface area (Å²) in [5.41, 5.74) is 0.0984.